The third-order valence-corrected chi connectivity index (χ3v) is 6.97. The van der Waals surface area contributed by atoms with E-state index in [1.54, 1.807) is 18.4 Å². The average molecular weight is 418 g/mol. The molecule has 0 aliphatic carbocycles. The standard InChI is InChI=1S/C23H35N3O2S/c1-16(2)21-15-29-23(24-21)14-25-9-10-26(20(13-25)8-11-27)12-19-6-7-22(28-5)18(4)17(19)3/h6-7,15-16,20,27H,8-14H2,1-5H3/t20-/m1/s1. The van der Waals surface area contributed by atoms with Gasteiger partial charge in [0.15, 0.2) is 0 Å². The Kier molecular flexibility index (Phi) is 7.68. The summed E-state index contributed by atoms with van der Waals surface area (Å²) in [5.41, 5.74) is 5.06. The summed E-state index contributed by atoms with van der Waals surface area (Å²) in [6, 6.07) is 4.62. The zero-order valence-corrected chi connectivity index (χ0v) is 19.3. The van der Waals surface area contributed by atoms with Crippen molar-refractivity contribution in [1.82, 2.24) is 14.8 Å². The summed E-state index contributed by atoms with van der Waals surface area (Å²) in [5, 5.41) is 13.0. The predicted octanol–water partition coefficient (Wildman–Crippen LogP) is 3.96. The summed E-state index contributed by atoms with van der Waals surface area (Å²) in [6.07, 6.45) is 0.805. The number of hydrogen-bond acceptors (Lipinski definition) is 6. The fourth-order valence-electron chi connectivity index (χ4n) is 4.05. The van der Waals surface area contributed by atoms with Crippen LogP contribution in [0.2, 0.25) is 0 Å². The number of aromatic nitrogens is 1. The Morgan fingerprint density at radius 1 is 1.21 bits per heavy atom. The highest BCUT2D eigenvalue weighted by Gasteiger charge is 2.27. The van der Waals surface area contributed by atoms with Crippen LogP contribution in [0.4, 0.5) is 0 Å². The molecule has 0 bridgehead atoms. The molecule has 0 radical (unpaired) electrons. The smallest absolute Gasteiger partial charge is 0.122 e. The lowest BCUT2D eigenvalue weighted by Crippen LogP contribution is -2.52. The molecule has 6 heteroatoms. The summed E-state index contributed by atoms with van der Waals surface area (Å²) < 4.78 is 5.46. The maximum absolute atomic E-state index is 9.64. The number of methoxy groups -OCH3 is 1. The number of nitrogens with zero attached hydrogens (tertiary/aromatic N) is 3. The molecular formula is C23H35N3O2S. The van der Waals surface area contributed by atoms with E-state index in [1.807, 2.05) is 0 Å². The number of aliphatic hydroxyl groups excluding tert-OH is 1. The molecule has 1 fully saturated rings. The van der Waals surface area contributed by atoms with Crippen molar-refractivity contribution in [2.45, 2.75) is 59.2 Å². The quantitative estimate of drug-likeness (QED) is 0.704. The normalized spacial score (nSPS) is 18.5. The number of ether oxygens (including phenoxy) is 1. The van der Waals surface area contributed by atoms with Crippen molar-refractivity contribution in [1.29, 1.82) is 0 Å². The van der Waals surface area contributed by atoms with E-state index in [4.69, 9.17) is 9.72 Å². The van der Waals surface area contributed by atoms with Gasteiger partial charge < -0.3 is 9.84 Å². The number of rotatable bonds is 8. The minimum Gasteiger partial charge on any atom is -0.496 e. The first-order valence-electron chi connectivity index (χ1n) is 10.6. The third kappa shape index (κ3) is 5.37. The second-order valence-corrected chi connectivity index (χ2v) is 9.31. The molecule has 1 N–H and O–H groups in total. The highest BCUT2D eigenvalue weighted by molar-refractivity contribution is 7.09. The van der Waals surface area contributed by atoms with Crippen LogP contribution in [0.5, 0.6) is 5.75 Å². The molecule has 1 aromatic carbocycles. The van der Waals surface area contributed by atoms with E-state index in [1.165, 1.54) is 27.4 Å². The zero-order chi connectivity index (χ0) is 21.0. The van der Waals surface area contributed by atoms with Gasteiger partial charge in [-0.05, 0) is 48.9 Å². The highest BCUT2D eigenvalue weighted by Crippen LogP contribution is 2.27. The Hall–Kier alpha value is -1.47. The summed E-state index contributed by atoms with van der Waals surface area (Å²) >= 11 is 1.77. The lowest BCUT2D eigenvalue weighted by Gasteiger charge is -2.41. The van der Waals surface area contributed by atoms with Crippen LogP contribution in [0.3, 0.4) is 0 Å². The van der Waals surface area contributed by atoms with E-state index in [0.717, 1.165) is 44.9 Å². The number of piperazine rings is 1. The first kappa shape index (κ1) is 22.2. The molecule has 0 spiro atoms. The van der Waals surface area contributed by atoms with Crippen molar-refractivity contribution in [3.05, 3.63) is 44.9 Å². The van der Waals surface area contributed by atoms with Gasteiger partial charge in [-0.25, -0.2) is 4.98 Å². The van der Waals surface area contributed by atoms with Gasteiger partial charge in [0.05, 0.1) is 19.3 Å². The van der Waals surface area contributed by atoms with Gasteiger partial charge in [-0.1, -0.05) is 19.9 Å². The zero-order valence-electron chi connectivity index (χ0n) is 18.4. The van der Waals surface area contributed by atoms with E-state index in [0.29, 0.717) is 12.0 Å². The molecule has 0 amide bonds. The lowest BCUT2D eigenvalue weighted by molar-refractivity contribution is 0.0498. The van der Waals surface area contributed by atoms with E-state index >= 15 is 0 Å². The molecule has 1 atom stereocenters. The predicted molar refractivity (Wildman–Crippen MR) is 120 cm³/mol. The summed E-state index contributed by atoms with van der Waals surface area (Å²) in [6.45, 7) is 13.8. The maximum Gasteiger partial charge on any atom is 0.122 e. The molecule has 1 saturated heterocycles. The minimum absolute atomic E-state index is 0.227. The Morgan fingerprint density at radius 3 is 2.66 bits per heavy atom. The van der Waals surface area contributed by atoms with Gasteiger partial charge >= 0.3 is 0 Å². The van der Waals surface area contributed by atoms with Crippen molar-refractivity contribution < 1.29 is 9.84 Å². The van der Waals surface area contributed by atoms with Gasteiger partial charge in [-0.15, -0.1) is 11.3 Å². The third-order valence-electron chi connectivity index (χ3n) is 6.11. The van der Waals surface area contributed by atoms with Crippen molar-refractivity contribution in [3.63, 3.8) is 0 Å². The molecule has 29 heavy (non-hydrogen) atoms. The van der Waals surface area contributed by atoms with Crippen LogP contribution in [-0.2, 0) is 13.1 Å². The monoisotopic (exact) mass is 417 g/mol. The van der Waals surface area contributed by atoms with Crippen LogP contribution in [0.25, 0.3) is 0 Å². The molecule has 2 aromatic rings. The van der Waals surface area contributed by atoms with E-state index in [2.05, 4.69) is 55.0 Å². The van der Waals surface area contributed by atoms with Gasteiger partial charge in [0.1, 0.15) is 10.8 Å². The van der Waals surface area contributed by atoms with Gasteiger partial charge in [0, 0.05) is 44.2 Å². The number of hydrogen-bond donors (Lipinski definition) is 1. The molecule has 2 heterocycles. The number of benzene rings is 1. The van der Waals surface area contributed by atoms with Crippen LogP contribution in [0, 0.1) is 13.8 Å². The fraction of sp³-hybridized carbons (Fsp3) is 0.609. The molecule has 3 rings (SSSR count). The topological polar surface area (TPSA) is 48.8 Å². The molecule has 0 unspecified atom stereocenters. The molecule has 1 aliphatic rings. The minimum atomic E-state index is 0.227. The molecule has 0 saturated carbocycles. The highest BCUT2D eigenvalue weighted by atomic mass is 32.1. The van der Waals surface area contributed by atoms with Crippen molar-refractivity contribution in [3.8, 4) is 5.75 Å². The molecule has 5 nitrogen and oxygen atoms in total. The van der Waals surface area contributed by atoms with Gasteiger partial charge in [0.2, 0.25) is 0 Å². The molecular weight excluding hydrogens is 382 g/mol. The summed E-state index contributed by atoms with van der Waals surface area (Å²) in [7, 11) is 1.73. The maximum atomic E-state index is 9.64. The van der Waals surface area contributed by atoms with Crippen LogP contribution in [0.1, 0.15) is 53.6 Å². The molecule has 1 aromatic heterocycles. The van der Waals surface area contributed by atoms with Crippen LogP contribution >= 0.6 is 11.3 Å². The first-order chi connectivity index (χ1) is 13.9. The van der Waals surface area contributed by atoms with Crippen LogP contribution in [0.15, 0.2) is 17.5 Å². The largest absolute Gasteiger partial charge is 0.496 e. The SMILES string of the molecule is COc1ccc(CN2CCN(Cc3nc(C(C)C)cs3)C[C@H]2CCO)c(C)c1C. The van der Waals surface area contributed by atoms with Crippen LogP contribution < -0.4 is 4.74 Å². The second kappa shape index (κ2) is 10.0. The molecule has 160 valence electrons. The Bertz CT molecular complexity index is 805. The van der Waals surface area contributed by atoms with E-state index in [-0.39, 0.29) is 6.61 Å². The summed E-state index contributed by atoms with van der Waals surface area (Å²) in [5.74, 6) is 1.43. The Labute approximate surface area is 179 Å². The number of aliphatic hydroxyl groups is 1. The lowest BCUT2D eigenvalue weighted by atomic mass is 10.00. The Morgan fingerprint density at radius 2 is 2.00 bits per heavy atom. The van der Waals surface area contributed by atoms with Gasteiger partial charge in [-0.2, -0.15) is 0 Å². The molecule has 1 aliphatic heterocycles. The second-order valence-electron chi connectivity index (χ2n) is 8.37. The number of thiazole rings is 1. The van der Waals surface area contributed by atoms with Crippen LogP contribution in [-0.4, -0.2) is 59.3 Å². The summed E-state index contributed by atoms with van der Waals surface area (Å²) in [4.78, 5) is 9.82. The van der Waals surface area contributed by atoms with Gasteiger partial charge in [-0.3, -0.25) is 9.80 Å². The van der Waals surface area contributed by atoms with Gasteiger partial charge in [0.25, 0.3) is 0 Å². The van der Waals surface area contributed by atoms with Crippen molar-refractivity contribution in [2.24, 2.45) is 0 Å². The fourth-order valence-corrected chi connectivity index (χ4v) is 5.05. The first-order valence-corrected chi connectivity index (χ1v) is 11.5. The average Bonchev–Trinajstić information content (AvgIpc) is 3.16. The van der Waals surface area contributed by atoms with Crippen molar-refractivity contribution >= 4 is 11.3 Å². The van der Waals surface area contributed by atoms with Crippen molar-refractivity contribution in [2.75, 3.05) is 33.4 Å². The Balaban J connectivity index is 1.66. The van der Waals surface area contributed by atoms with E-state index in [9.17, 15) is 5.11 Å². The van der Waals surface area contributed by atoms with E-state index < -0.39 is 0 Å².